The minimum absolute atomic E-state index is 0.219. The molecule has 0 aromatic heterocycles. The maximum atomic E-state index is 12.0. The van der Waals surface area contributed by atoms with Gasteiger partial charge in [0.05, 0.1) is 0 Å². The average Bonchev–Trinajstić information content (AvgIpc) is 2.51. The molecule has 0 heterocycles. The summed E-state index contributed by atoms with van der Waals surface area (Å²) in [4.78, 5) is 26.0. The number of benzene rings is 2. The third-order valence-corrected chi connectivity index (χ3v) is 3.66. The van der Waals surface area contributed by atoms with Crippen LogP contribution in [0.1, 0.15) is 17.5 Å². The molecule has 0 aliphatic heterocycles. The summed E-state index contributed by atoms with van der Waals surface area (Å²) in [6.45, 7) is 3.88. The van der Waals surface area contributed by atoms with Crippen LogP contribution in [-0.2, 0) is 9.59 Å². The van der Waals surface area contributed by atoms with E-state index in [-0.39, 0.29) is 18.2 Å². The molecular weight excluding hydrogens is 302 g/mol. The van der Waals surface area contributed by atoms with Crippen molar-refractivity contribution in [2.24, 2.45) is 0 Å². The maximum Gasteiger partial charge on any atom is 0.233 e. The molecule has 0 bridgehead atoms. The van der Waals surface area contributed by atoms with E-state index < -0.39 is 0 Å². The van der Waals surface area contributed by atoms with Crippen LogP contribution in [0.4, 0.5) is 17.1 Å². The highest BCUT2D eigenvalue weighted by atomic mass is 16.2. The van der Waals surface area contributed by atoms with Gasteiger partial charge in [0.2, 0.25) is 11.8 Å². The van der Waals surface area contributed by atoms with Gasteiger partial charge in [0, 0.05) is 31.2 Å². The Morgan fingerprint density at radius 1 is 0.917 bits per heavy atom. The van der Waals surface area contributed by atoms with Gasteiger partial charge in [-0.05, 0) is 55.3 Å². The van der Waals surface area contributed by atoms with Crippen LogP contribution in [0.3, 0.4) is 0 Å². The summed E-state index contributed by atoms with van der Waals surface area (Å²) in [5.74, 6) is -0.665. The second-order valence-electron chi connectivity index (χ2n) is 6.03. The predicted octanol–water partition coefficient (Wildman–Crippen LogP) is 3.34. The SMILES string of the molecule is Cc1ccc(C)c(NC(=O)CC(=O)Nc2ccc(N(C)C)cc2)c1. The molecule has 0 unspecified atom stereocenters. The molecule has 2 amide bonds. The van der Waals surface area contributed by atoms with Gasteiger partial charge in [0.15, 0.2) is 0 Å². The van der Waals surface area contributed by atoms with Crippen LogP contribution < -0.4 is 15.5 Å². The second kappa shape index (κ2) is 7.64. The molecule has 2 aromatic carbocycles. The van der Waals surface area contributed by atoms with E-state index in [0.717, 1.165) is 22.5 Å². The Kier molecular flexibility index (Phi) is 5.58. The van der Waals surface area contributed by atoms with Gasteiger partial charge in [-0.15, -0.1) is 0 Å². The summed E-state index contributed by atoms with van der Waals surface area (Å²) in [6, 6.07) is 13.3. The molecule has 0 saturated heterocycles. The largest absolute Gasteiger partial charge is 0.378 e. The number of carbonyl (C=O) groups excluding carboxylic acids is 2. The van der Waals surface area contributed by atoms with E-state index in [2.05, 4.69) is 10.6 Å². The van der Waals surface area contributed by atoms with Crippen molar-refractivity contribution in [3.05, 3.63) is 53.6 Å². The number of nitrogens with zero attached hydrogens (tertiary/aromatic N) is 1. The van der Waals surface area contributed by atoms with E-state index in [0.29, 0.717) is 5.69 Å². The lowest BCUT2D eigenvalue weighted by Gasteiger charge is -2.13. The Labute approximate surface area is 142 Å². The van der Waals surface area contributed by atoms with Crippen molar-refractivity contribution in [1.82, 2.24) is 0 Å². The number of hydrogen-bond acceptors (Lipinski definition) is 3. The standard InChI is InChI=1S/C19H23N3O2/c1-13-5-6-14(2)17(11-13)21-19(24)12-18(23)20-15-7-9-16(10-8-15)22(3)4/h5-11H,12H2,1-4H3,(H,20,23)(H,21,24). The topological polar surface area (TPSA) is 61.4 Å². The van der Waals surface area contributed by atoms with Crippen LogP contribution in [0.2, 0.25) is 0 Å². The van der Waals surface area contributed by atoms with Gasteiger partial charge in [0.1, 0.15) is 6.42 Å². The maximum absolute atomic E-state index is 12.0. The molecule has 0 radical (unpaired) electrons. The number of anilines is 3. The van der Waals surface area contributed by atoms with Crippen molar-refractivity contribution in [3.63, 3.8) is 0 Å². The fourth-order valence-corrected chi connectivity index (χ4v) is 2.26. The lowest BCUT2D eigenvalue weighted by molar-refractivity contribution is -0.123. The van der Waals surface area contributed by atoms with Crippen LogP contribution in [0.15, 0.2) is 42.5 Å². The second-order valence-corrected chi connectivity index (χ2v) is 6.03. The summed E-state index contributed by atoms with van der Waals surface area (Å²) in [5, 5.41) is 5.52. The minimum Gasteiger partial charge on any atom is -0.378 e. The fourth-order valence-electron chi connectivity index (χ4n) is 2.26. The summed E-state index contributed by atoms with van der Waals surface area (Å²) < 4.78 is 0. The van der Waals surface area contributed by atoms with Gasteiger partial charge in [0.25, 0.3) is 0 Å². The van der Waals surface area contributed by atoms with Crippen molar-refractivity contribution >= 4 is 28.9 Å². The van der Waals surface area contributed by atoms with Crippen molar-refractivity contribution in [2.45, 2.75) is 20.3 Å². The molecular formula is C19H23N3O2. The van der Waals surface area contributed by atoms with Gasteiger partial charge in [-0.3, -0.25) is 9.59 Å². The Hall–Kier alpha value is -2.82. The summed E-state index contributed by atoms with van der Waals surface area (Å²) in [7, 11) is 3.90. The first-order chi connectivity index (χ1) is 11.3. The van der Waals surface area contributed by atoms with Crippen LogP contribution in [-0.4, -0.2) is 25.9 Å². The van der Waals surface area contributed by atoms with E-state index >= 15 is 0 Å². The molecule has 2 rings (SSSR count). The highest BCUT2D eigenvalue weighted by Crippen LogP contribution is 2.17. The third kappa shape index (κ3) is 4.84. The first-order valence-electron chi connectivity index (χ1n) is 7.79. The first kappa shape index (κ1) is 17.5. The fraction of sp³-hybridized carbons (Fsp3) is 0.263. The highest BCUT2D eigenvalue weighted by molar-refractivity contribution is 6.08. The predicted molar refractivity (Wildman–Crippen MR) is 98.6 cm³/mol. The normalized spacial score (nSPS) is 10.2. The first-order valence-corrected chi connectivity index (χ1v) is 7.79. The molecule has 24 heavy (non-hydrogen) atoms. The van der Waals surface area contributed by atoms with Gasteiger partial charge >= 0.3 is 0 Å². The molecule has 0 atom stereocenters. The molecule has 5 heteroatoms. The van der Waals surface area contributed by atoms with E-state index in [1.54, 1.807) is 0 Å². The summed E-state index contributed by atoms with van der Waals surface area (Å²) >= 11 is 0. The smallest absolute Gasteiger partial charge is 0.233 e. The molecule has 0 spiro atoms. The molecule has 2 aromatic rings. The van der Waals surface area contributed by atoms with Crippen molar-refractivity contribution in [2.75, 3.05) is 29.6 Å². The molecule has 0 aliphatic rings. The van der Waals surface area contributed by atoms with E-state index in [9.17, 15) is 9.59 Å². The van der Waals surface area contributed by atoms with E-state index in [4.69, 9.17) is 0 Å². The molecule has 0 saturated carbocycles. The van der Waals surface area contributed by atoms with Gasteiger partial charge in [-0.2, -0.15) is 0 Å². The number of hydrogen-bond donors (Lipinski definition) is 2. The number of amides is 2. The third-order valence-electron chi connectivity index (χ3n) is 3.66. The Balaban J connectivity index is 1.91. The van der Waals surface area contributed by atoms with Crippen LogP contribution in [0, 0.1) is 13.8 Å². The zero-order valence-electron chi connectivity index (χ0n) is 14.5. The zero-order valence-corrected chi connectivity index (χ0v) is 14.5. The molecule has 0 fully saturated rings. The van der Waals surface area contributed by atoms with Crippen molar-refractivity contribution < 1.29 is 9.59 Å². The number of rotatable bonds is 5. The van der Waals surface area contributed by atoms with Crippen molar-refractivity contribution in [3.8, 4) is 0 Å². The minimum atomic E-state index is -0.338. The van der Waals surface area contributed by atoms with Crippen LogP contribution >= 0.6 is 0 Å². The lowest BCUT2D eigenvalue weighted by atomic mass is 10.1. The van der Waals surface area contributed by atoms with Crippen molar-refractivity contribution in [1.29, 1.82) is 0 Å². The number of carbonyl (C=O) groups is 2. The molecule has 0 aliphatic carbocycles. The monoisotopic (exact) mass is 325 g/mol. The Morgan fingerprint density at radius 2 is 1.54 bits per heavy atom. The lowest BCUT2D eigenvalue weighted by Crippen LogP contribution is -2.21. The molecule has 126 valence electrons. The quantitative estimate of drug-likeness (QED) is 0.829. The summed E-state index contributed by atoms with van der Waals surface area (Å²) in [6.07, 6.45) is -0.219. The van der Waals surface area contributed by atoms with Gasteiger partial charge in [-0.25, -0.2) is 0 Å². The van der Waals surface area contributed by atoms with Gasteiger partial charge < -0.3 is 15.5 Å². The molecule has 5 nitrogen and oxygen atoms in total. The zero-order chi connectivity index (χ0) is 17.7. The van der Waals surface area contributed by atoms with Crippen LogP contribution in [0.25, 0.3) is 0 Å². The Morgan fingerprint density at radius 3 is 2.17 bits per heavy atom. The number of aryl methyl sites for hydroxylation is 2. The van der Waals surface area contributed by atoms with Gasteiger partial charge in [-0.1, -0.05) is 12.1 Å². The average molecular weight is 325 g/mol. The Bertz CT molecular complexity index is 737. The highest BCUT2D eigenvalue weighted by Gasteiger charge is 2.11. The number of nitrogens with one attached hydrogen (secondary N) is 2. The van der Waals surface area contributed by atoms with E-state index in [1.165, 1.54) is 0 Å². The summed E-state index contributed by atoms with van der Waals surface area (Å²) in [5.41, 5.74) is 4.48. The molecule has 2 N–H and O–H groups in total. The van der Waals surface area contributed by atoms with E-state index in [1.807, 2.05) is 75.3 Å². The van der Waals surface area contributed by atoms with Crippen LogP contribution in [0.5, 0.6) is 0 Å².